The lowest BCUT2D eigenvalue weighted by Gasteiger charge is -2.05. The summed E-state index contributed by atoms with van der Waals surface area (Å²) in [4.78, 5) is 0. The molecule has 0 saturated carbocycles. The van der Waals surface area contributed by atoms with Crippen molar-refractivity contribution < 1.29 is 9.15 Å². The molecule has 0 atom stereocenters. The SMILES string of the molecule is COc1ccccc1Cc1nnc(SCc2ccc(C#N)cc2)o1. The monoisotopic (exact) mass is 337 g/mol. The van der Waals surface area contributed by atoms with Crippen molar-refractivity contribution in [2.24, 2.45) is 0 Å². The molecule has 0 fully saturated rings. The summed E-state index contributed by atoms with van der Waals surface area (Å²) in [5, 5.41) is 17.5. The molecule has 24 heavy (non-hydrogen) atoms. The molecule has 6 heteroatoms. The Labute approximate surface area is 144 Å². The van der Waals surface area contributed by atoms with Gasteiger partial charge in [-0.05, 0) is 23.8 Å². The average Bonchev–Trinajstić information content (AvgIpc) is 3.08. The summed E-state index contributed by atoms with van der Waals surface area (Å²) in [6.07, 6.45) is 0.536. The minimum absolute atomic E-state index is 0.532. The molecule has 0 aliphatic carbocycles. The lowest BCUT2D eigenvalue weighted by molar-refractivity contribution is 0.400. The van der Waals surface area contributed by atoms with E-state index < -0.39 is 0 Å². The predicted octanol–water partition coefficient (Wildman–Crippen LogP) is 3.83. The number of thioether (sulfide) groups is 1. The Morgan fingerprint density at radius 2 is 1.92 bits per heavy atom. The van der Waals surface area contributed by atoms with E-state index in [4.69, 9.17) is 14.4 Å². The third-order valence-corrected chi connectivity index (χ3v) is 4.32. The fraction of sp³-hybridized carbons (Fsp3) is 0.167. The number of hydrogen-bond donors (Lipinski definition) is 0. The zero-order valence-electron chi connectivity index (χ0n) is 13.1. The van der Waals surface area contributed by atoms with Crippen molar-refractivity contribution in [3.63, 3.8) is 0 Å². The van der Waals surface area contributed by atoms with Gasteiger partial charge in [-0.15, -0.1) is 10.2 Å². The topological polar surface area (TPSA) is 71.9 Å². The molecule has 2 aromatic carbocycles. The number of benzene rings is 2. The number of methoxy groups -OCH3 is 1. The zero-order chi connectivity index (χ0) is 16.8. The van der Waals surface area contributed by atoms with Gasteiger partial charge in [0, 0.05) is 11.3 Å². The maximum absolute atomic E-state index is 8.80. The zero-order valence-corrected chi connectivity index (χ0v) is 13.9. The van der Waals surface area contributed by atoms with Gasteiger partial charge in [-0.25, -0.2) is 0 Å². The van der Waals surface area contributed by atoms with E-state index in [1.165, 1.54) is 11.8 Å². The molecule has 5 nitrogen and oxygen atoms in total. The molecule has 3 aromatic rings. The number of ether oxygens (including phenoxy) is 1. The van der Waals surface area contributed by atoms with Crippen LogP contribution in [-0.4, -0.2) is 17.3 Å². The summed E-state index contributed by atoms with van der Waals surface area (Å²) < 4.78 is 11.0. The minimum atomic E-state index is 0.532. The summed E-state index contributed by atoms with van der Waals surface area (Å²) in [7, 11) is 1.64. The molecule has 0 aliphatic heterocycles. The largest absolute Gasteiger partial charge is 0.496 e. The van der Waals surface area contributed by atoms with E-state index in [1.54, 1.807) is 19.2 Å². The molecule has 120 valence electrons. The first kappa shape index (κ1) is 16.1. The van der Waals surface area contributed by atoms with E-state index in [9.17, 15) is 0 Å². The van der Waals surface area contributed by atoms with Gasteiger partial charge in [-0.1, -0.05) is 42.1 Å². The van der Waals surface area contributed by atoms with Crippen LogP contribution in [0, 0.1) is 11.3 Å². The maximum atomic E-state index is 8.80. The van der Waals surface area contributed by atoms with Crippen molar-refractivity contribution in [2.75, 3.05) is 7.11 Å². The molecule has 0 bridgehead atoms. The number of nitrogens with zero attached hydrogens (tertiary/aromatic N) is 3. The Hall–Kier alpha value is -2.78. The molecule has 0 amide bonds. The lowest BCUT2D eigenvalue weighted by Crippen LogP contribution is -1.93. The molecule has 3 rings (SSSR count). The first-order valence-electron chi connectivity index (χ1n) is 7.34. The molecule has 1 aromatic heterocycles. The first-order valence-corrected chi connectivity index (χ1v) is 8.33. The summed E-state index contributed by atoms with van der Waals surface area (Å²) in [6.45, 7) is 0. The fourth-order valence-electron chi connectivity index (χ4n) is 2.20. The van der Waals surface area contributed by atoms with Gasteiger partial charge in [-0.3, -0.25) is 0 Å². The Morgan fingerprint density at radius 3 is 2.67 bits per heavy atom. The molecule has 0 saturated heterocycles. The second-order valence-corrected chi connectivity index (χ2v) is 5.97. The van der Waals surface area contributed by atoms with Gasteiger partial charge in [-0.2, -0.15) is 5.26 Å². The third kappa shape index (κ3) is 3.94. The van der Waals surface area contributed by atoms with Crippen LogP contribution in [0.25, 0.3) is 0 Å². The number of hydrogen-bond acceptors (Lipinski definition) is 6. The third-order valence-electron chi connectivity index (χ3n) is 3.43. The maximum Gasteiger partial charge on any atom is 0.276 e. The molecule has 0 radical (unpaired) electrons. The van der Waals surface area contributed by atoms with Crippen LogP contribution >= 0.6 is 11.8 Å². The van der Waals surface area contributed by atoms with Crippen LogP contribution in [0.5, 0.6) is 5.75 Å². The second-order valence-electron chi connectivity index (χ2n) is 5.05. The van der Waals surface area contributed by atoms with Crippen LogP contribution in [-0.2, 0) is 12.2 Å². The Kier molecular flexibility index (Phi) is 5.14. The van der Waals surface area contributed by atoms with Crippen LogP contribution in [0.1, 0.15) is 22.6 Å². The van der Waals surface area contributed by atoms with E-state index >= 15 is 0 Å². The fourth-order valence-corrected chi connectivity index (χ4v) is 2.94. The predicted molar refractivity (Wildman–Crippen MR) is 90.8 cm³/mol. The van der Waals surface area contributed by atoms with E-state index in [-0.39, 0.29) is 0 Å². The number of nitriles is 1. The van der Waals surface area contributed by atoms with E-state index in [2.05, 4.69) is 16.3 Å². The molecule has 0 aliphatic rings. The van der Waals surface area contributed by atoms with Gasteiger partial charge in [0.25, 0.3) is 5.22 Å². The minimum Gasteiger partial charge on any atom is -0.496 e. The Bertz CT molecular complexity index is 853. The molecule has 0 N–H and O–H groups in total. The molecular weight excluding hydrogens is 322 g/mol. The molecular formula is C18H15N3O2S. The van der Waals surface area contributed by atoms with E-state index in [0.717, 1.165) is 16.9 Å². The van der Waals surface area contributed by atoms with Crippen LogP contribution in [0.4, 0.5) is 0 Å². The summed E-state index contributed by atoms with van der Waals surface area (Å²) in [5.74, 6) is 2.08. The van der Waals surface area contributed by atoms with Crippen molar-refractivity contribution in [3.05, 3.63) is 71.1 Å². The van der Waals surface area contributed by atoms with Gasteiger partial charge in [0.05, 0.1) is 25.2 Å². The smallest absolute Gasteiger partial charge is 0.276 e. The van der Waals surface area contributed by atoms with Crippen LogP contribution in [0.3, 0.4) is 0 Å². The summed E-state index contributed by atoms with van der Waals surface area (Å²) in [5.41, 5.74) is 2.76. The van der Waals surface area contributed by atoms with Crippen LogP contribution in [0.2, 0.25) is 0 Å². The van der Waals surface area contributed by atoms with Crippen molar-refractivity contribution in [3.8, 4) is 11.8 Å². The highest BCUT2D eigenvalue weighted by atomic mass is 32.2. The highest BCUT2D eigenvalue weighted by molar-refractivity contribution is 7.98. The number of rotatable bonds is 6. The Balaban J connectivity index is 1.62. The van der Waals surface area contributed by atoms with Crippen molar-refractivity contribution in [1.29, 1.82) is 5.26 Å². The number of para-hydroxylation sites is 1. The molecule has 1 heterocycles. The standard InChI is InChI=1S/C18H15N3O2S/c1-22-16-5-3-2-4-15(16)10-17-20-21-18(23-17)24-12-14-8-6-13(11-19)7-9-14/h2-9H,10,12H2,1H3. The van der Waals surface area contributed by atoms with E-state index in [0.29, 0.717) is 28.9 Å². The average molecular weight is 337 g/mol. The van der Waals surface area contributed by atoms with Crippen molar-refractivity contribution in [1.82, 2.24) is 10.2 Å². The van der Waals surface area contributed by atoms with Crippen LogP contribution < -0.4 is 4.74 Å². The lowest BCUT2D eigenvalue weighted by atomic mass is 10.1. The molecule has 0 unspecified atom stereocenters. The quantitative estimate of drug-likeness (QED) is 0.637. The van der Waals surface area contributed by atoms with Crippen molar-refractivity contribution in [2.45, 2.75) is 17.4 Å². The van der Waals surface area contributed by atoms with Gasteiger partial charge in [0.2, 0.25) is 5.89 Å². The molecule has 0 spiro atoms. The van der Waals surface area contributed by atoms with Crippen LogP contribution in [0.15, 0.2) is 58.2 Å². The second kappa shape index (κ2) is 7.66. The normalized spacial score (nSPS) is 10.3. The Morgan fingerprint density at radius 1 is 1.12 bits per heavy atom. The summed E-state index contributed by atoms with van der Waals surface area (Å²) in [6, 6.07) is 17.3. The van der Waals surface area contributed by atoms with Gasteiger partial charge < -0.3 is 9.15 Å². The van der Waals surface area contributed by atoms with Gasteiger partial charge in [0.1, 0.15) is 5.75 Å². The number of aromatic nitrogens is 2. The van der Waals surface area contributed by atoms with E-state index in [1.807, 2.05) is 36.4 Å². The van der Waals surface area contributed by atoms with Gasteiger partial charge in [0.15, 0.2) is 0 Å². The van der Waals surface area contributed by atoms with Gasteiger partial charge >= 0.3 is 0 Å². The first-order chi connectivity index (χ1) is 11.8. The highest BCUT2D eigenvalue weighted by Gasteiger charge is 2.10. The summed E-state index contributed by atoms with van der Waals surface area (Å²) >= 11 is 1.47. The highest BCUT2D eigenvalue weighted by Crippen LogP contribution is 2.24. The van der Waals surface area contributed by atoms with Crippen molar-refractivity contribution >= 4 is 11.8 Å².